The first-order valence-corrected chi connectivity index (χ1v) is 6.91. The number of nitrogens with zero attached hydrogens (tertiary/aromatic N) is 3. The van der Waals surface area contributed by atoms with Crippen LogP contribution in [0.1, 0.15) is 38.9 Å². The van der Waals surface area contributed by atoms with Gasteiger partial charge in [0.15, 0.2) is 0 Å². The highest BCUT2D eigenvalue weighted by molar-refractivity contribution is 5.32. The highest BCUT2D eigenvalue weighted by atomic mass is 15.4. The summed E-state index contributed by atoms with van der Waals surface area (Å²) in [6.07, 6.45) is 2.94. The van der Waals surface area contributed by atoms with Gasteiger partial charge in [-0.05, 0) is 31.0 Å². The second-order valence-electron chi connectivity index (χ2n) is 5.15. The fraction of sp³-hybridized carbons (Fsp3) is 0.467. The average molecular weight is 258 g/mol. The van der Waals surface area contributed by atoms with Crippen molar-refractivity contribution in [2.24, 2.45) is 5.92 Å². The maximum atomic E-state index is 4.22. The summed E-state index contributed by atoms with van der Waals surface area (Å²) in [5.74, 6) is 0.628. The molecule has 1 aromatic heterocycles. The minimum absolute atomic E-state index is 0.292. The Morgan fingerprint density at radius 3 is 2.58 bits per heavy atom. The largest absolute Gasteiger partial charge is 0.309 e. The second-order valence-corrected chi connectivity index (χ2v) is 5.15. The molecule has 1 unspecified atom stereocenters. The van der Waals surface area contributed by atoms with Crippen molar-refractivity contribution >= 4 is 0 Å². The van der Waals surface area contributed by atoms with Gasteiger partial charge in [0, 0.05) is 0 Å². The highest BCUT2D eigenvalue weighted by Gasteiger charge is 2.18. The van der Waals surface area contributed by atoms with Crippen molar-refractivity contribution in [3.8, 4) is 5.69 Å². The van der Waals surface area contributed by atoms with Gasteiger partial charge in [-0.3, -0.25) is 0 Å². The molecule has 1 heterocycles. The van der Waals surface area contributed by atoms with E-state index in [-0.39, 0.29) is 0 Å². The fourth-order valence-electron chi connectivity index (χ4n) is 2.28. The summed E-state index contributed by atoms with van der Waals surface area (Å²) in [5.41, 5.74) is 2.18. The summed E-state index contributed by atoms with van der Waals surface area (Å²) in [5, 5.41) is 11.8. The highest BCUT2D eigenvalue weighted by Crippen LogP contribution is 2.22. The first-order chi connectivity index (χ1) is 9.22. The summed E-state index contributed by atoms with van der Waals surface area (Å²) in [6.45, 7) is 7.54. The molecule has 0 spiro atoms. The van der Waals surface area contributed by atoms with Gasteiger partial charge in [0.05, 0.1) is 23.6 Å². The van der Waals surface area contributed by atoms with Crippen LogP contribution in [0.3, 0.4) is 0 Å². The molecule has 0 aliphatic heterocycles. The van der Waals surface area contributed by atoms with Crippen molar-refractivity contribution in [1.29, 1.82) is 0 Å². The SMILES string of the molecule is CCNC(CC(C)C)c1cnnn1-c1ccccc1. The zero-order valence-corrected chi connectivity index (χ0v) is 11.9. The van der Waals surface area contributed by atoms with Crippen LogP contribution in [0.25, 0.3) is 5.69 Å². The average Bonchev–Trinajstić information content (AvgIpc) is 2.88. The van der Waals surface area contributed by atoms with Crippen molar-refractivity contribution in [2.45, 2.75) is 33.2 Å². The van der Waals surface area contributed by atoms with Gasteiger partial charge in [0.1, 0.15) is 0 Å². The zero-order valence-electron chi connectivity index (χ0n) is 11.9. The maximum absolute atomic E-state index is 4.22. The van der Waals surface area contributed by atoms with Gasteiger partial charge in [-0.2, -0.15) is 0 Å². The molecule has 0 bridgehead atoms. The van der Waals surface area contributed by atoms with Gasteiger partial charge in [-0.1, -0.05) is 44.2 Å². The van der Waals surface area contributed by atoms with E-state index in [1.54, 1.807) is 0 Å². The number of nitrogens with one attached hydrogen (secondary N) is 1. The van der Waals surface area contributed by atoms with E-state index in [1.807, 2.05) is 29.1 Å². The van der Waals surface area contributed by atoms with Crippen molar-refractivity contribution < 1.29 is 0 Å². The predicted octanol–water partition coefficient (Wildman–Crippen LogP) is 2.96. The van der Waals surface area contributed by atoms with Crippen LogP contribution in [0.4, 0.5) is 0 Å². The van der Waals surface area contributed by atoms with E-state index in [4.69, 9.17) is 0 Å². The Bertz CT molecular complexity index is 490. The smallest absolute Gasteiger partial charge is 0.0815 e. The Morgan fingerprint density at radius 1 is 1.21 bits per heavy atom. The lowest BCUT2D eigenvalue weighted by atomic mass is 10.0. The van der Waals surface area contributed by atoms with Crippen LogP contribution in [0.2, 0.25) is 0 Å². The first kappa shape index (κ1) is 13.7. The van der Waals surface area contributed by atoms with E-state index >= 15 is 0 Å². The van der Waals surface area contributed by atoms with Crippen LogP contribution in [0, 0.1) is 5.92 Å². The lowest BCUT2D eigenvalue weighted by Gasteiger charge is -2.20. The molecule has 19 heavy (non-hydrogen) atoms. The standard InChI is InChI=1S/C15H22N4/c1-4-16-14(10-12(2)3)15-11-17-18-19(15)13-8-6-5-7-9-13/h5-9,11-12,14,16H,4,10H2,1-3H3. The minimum Gasteiger partial charge on any atom is -0.309 e. The molecular formula is C15H22N4. The zero-order chi connectivity index (χ0) is 13.7. The maximum Gasteiger partial charge on any atom is 0.0815 e. The molecule has 102 valence electrons. The van der Waals surface area contributed by atoms with Crippen LogP contribution in [0.15, 0.2) is 36.5 Å². The molecule has 0 aliphatic carbocycles. The van der Waals surface area contributed by atoms with E-state index in [0.717, 1.165) is 24.3 Å². The number of hydrogen-bond acceptors (Lipinski definition) is 3. The molecule has 0 radical (unpaired) electrons. The van der Waals surface area contributed by atoms with E-state index in [2.05, 4.69) is 48.5 Å². The van der Waals surface area contributed by atoms with Crippen molar-refractivity contribution in [3.05, 3.63) is 42.2 Å². The van der Waals surface area contributed by atoms with Crippen LogP contribution < -0.4 is 5.32 Å². The Hall–Kier alpha value is -1.68. The monoisotopic (exact) mass is 258 g/mol. The van der Waals surface area contributed by atoms with Crippen LogP contribution in [0.5, 0.6) is 0 Å². The summed E-state index contributed by atoms with van der Waals surface area (Å²) >= 11 is 0. The lowest BCUT2D eigenvalue weighted by molar-refractivity contribution is 0.423. The van der Waals surface area contributed by atoms with Gasteiger partial charge >= 0.3 is 0 Å². The lowest BCUT2D eigenvalue weighted by Crippen LogP contribution is -2.24. The third-order valence-electron chi connectivity index (χ3n) is 3.09. The van der Waals surface area contributed by atoms with E-state index in [1.165, 1.54) is 0 Å². The van der Waals surface area contributed by atoms with Gasteiger partial charge in [-0.25, -0.2) is 4.68 Å². The summed E-state index contributed by atoms with van der Waals surface area (Å²) in [6, 6.07) is 10.4. The molecule has 2 rings (SSSR count). The summed E-state index contributed by atoms with van der Waals surface area (Å²) in [7, 11) is 0. The number of benzene rings is 1. The van der Waals surface area contributed by atoms with Gasteiger partial charge in [0.2, 0.25) is 0 Å². The normalized spacial score (nSPS) is 12.8. The van der Waals surface area contributed by atoms with Crippen LogP contribution in [-0.2, 0) is 0 Å². The Balaban J connectivity index is 2.31. The molecule has 0 saturated heterocycles. The van der Waals surface area contributed by atoms with Gasteiger partial charge in [-0.15, -0.1) is 5.10 Å². The third kappa shape index (κ3) is 3.41. The second kappa shape index (κ2) is 6.48. The van der Waals surface area contributed by atoms with Gasteiger partial charge < -0.3 is 5.32 Å². The molecule has 1 atom stereocenters. The fourth-order valence-corrected chi connectivity index (χ4v) is 2.28. The molecule has 2 aromatic rings. The summed E-state index contributed by atoms with van der Waals surface area (Å²) < 4.78 is 1.93. The quantitative estimate of drug-likeness (QED) is 0.866. The number of hydrogen-bond donors (Lipinski definition) is 1. The van der Waals surface area contributed by atoms with Crippen LogP contribution >= 0.6 is 0 Å². The predicted molar refractivity (Wildman–Crippen MR) is 77.2 cm³/mol. The molecule has 0 fully saturated rings. The molecule has 0 saturated carbocycles. The molecule has 4 nitrogen and oxygen atoms in total. The minimum atomic E-state index is 0.292. The Morgan fingerprint density at radius 2 is 1.95 bits per heavy atom. The number of rotatable bonds is 6. The molecule has 4 heteroatoms. The van der Waals surface area contributed by atoms with E-state index < -0.39 is 0 Å². The first-order valence-electron chi connectivity index (χ1n) is 6.91. The Kier molecular flexibility index (Phi) is 4.68. The number of para-hydroxylation sites is 1. The van der Waals surface area contributed by atoms with Crippen molar-refractivity contribution in [3.63, 3.8) is 0 Å². The van der Waals surface area contributed by atoms with E-state index in [9.17, 15) is 0 Å². The molecule has 1 N–H and O–H groups in total. The van der Waals surface area contributed by atoms with Crippen molar-refractivity contribution in [2.75, 3.05) is 6.54 Å². The third-order valence-corrected chi connectivity index (χ3v) is 3.09. The number of aromatic nitrogens is 3. The summed E-state index contributed by atoms with van der Waals surface area (Å²) in [4.78, 5) is 0. The molecule has 0 amide bonds. The topological polar surface area (TPSA) is 42.7 Å². The molecule has 1 aromatic carbocycles. The van der Waals surface area contributed by atoms with Crippen molar-refractivity contribution in [1.82, 2.24) is 20.3 Å². The Labute approximate surface area is 114 Å². The van der Waals surface area contributed by atoms with Crippen LogP contribution in [-0.4, -0.2) is 21.5 Å². The van der Waals surface area contributed by atoms with Gasteiger partial charge in [0.25, 0.3) is 0 Å². The molecule has 0 aliphatic rings. The molecular weight excluding hydrogens is 236 g/mol. The van der Waals surface area contributed by atoms with E-state index in [0.29, 0.717) is 12.0 Å².